The summed E-state index contributed by atoms with van der Waals surface area (Å²) in [4.78, 5) is 21.1. The third kappa shape index (κ3) is 3.37. The van der Waals surface area contributed by atoms with Crippen molar-refractivity contribution in [3.63, 3.8) is 0 Å². The molecule has 0 bridgehead atoms. The topological polar surface area (TPSA) is 63.5 Å². The maximum atomic E-state index is 13.0. The fourth-order valence-corrected chi connectivity index (χ4v) is 2.39. The van der Waals surface area contributed by atoms with Gasteiger partial charge in [0.25, 0.3) is 5.69 Å². The lowest BCUT2D eigenvalue weighted by molar-refractivity contribution is -0.385. The molecular formula is C12H8F6N2O3. The smallest absolute Gasteiger partial charge is 0.330 e. The summed E-state index contributed by atoms with van der Waals surface area (Å²) in [5.74, 6) is -2.19. The molecule has 1 aromatic rings. The molecule has 1 amide bonds. The number of hydrogen-bond donors (Lipinski definition) is 0. The van der Waals surface area contributed by atoms with E-state index in [9.17, 15) is 41.3 Å². The molecule has 0 atom stereocenters. The monoisotopic (exact) mass is 342 g/mol. The van der Waals surface area contributed by atoms with Crippen LogP contribution in [0.2, 0.25) is 0 Å². The van der Waals surface area contributed by atoms with E-state index in [4.69, 9.17) is 0 Å². The first kappa shape index (κ1) is 17.0. The summed E-state index contributed by atoms with van der Waals surface area (Å²) in [5.41, 5.74) is -2.79. The molecule has 0 aliphatic carbocycles. The molecule has 0 saturated heterocycles. The van der Waals surface area contributed by atoms with Gasteiger partial charge in [0.1, 0.15) is 0 Å². The number of non-ortho nitro benzene ring substituents is 1. The molecule has 1 aromatic carbocycles. The van der Waals surface area contributed by atoms with Crippen LogP contribution in [-0.2, 0) is 23.9 Å². The van der Waals surface area contributed by atoms with Crippen molar-refractivity contribution in [3.05, 3.63) is 38.9 Å². The number of benzene rings is 1. The number of carbonyl (C=O) groups excluding carboxylic acids is 1. The van der Waals surface area contributed by atoms with Gasteiger partial charge in [0.15, 0.2) is 0 Å². The molecule has 11 heteroatoms. The maximum absolute atomic E-state index is 13.0. The summed E-state index contributed by atoms with van der Waals surface area (Å²) < 4.78 is 76.2. The van der Waals surface area contributed by atoms with Crippen molar-refractivity contribution in [3.8, 4) is 0 Å². The van der Waals surface area contributed by atoms with Crippen LogP contribution in [0.25, 0.3) is 0 Å². The molecule has 0 N–H and O–H groups in total. The largest absolute Gasteiger partial charge is 0.471 e. The van der Waals surface area contributed by atoms with Crippen molar-refractivity contribution in [2.24, 2.45) is 0 Å². The molecule has 23 heavy (non-hydrogen) atoms. The Morgan fingerprint density at radius 1 is 1.17 bits per heavy atom. The van der Waals surface area contributed by atoms with E-state index in [0.29, 0.717) is 11.0 Å². The molecule has 0 spiro atoms. The van der Waals surface area contributed by atoms with E-state index in [1.54, 1.807) is 0 Å². The van der Waals surface area contributed by atoms with E-state index in [0.717, 1.165) is 6.07 Å². The molecule has 126 valence electrons. The zero-order valence-corrected chi connectivity index (χ0v) is 11.2. The normalized spacial score (nSPS) is 15.3. The van der Waals surface area contributed by atoms with Gasteiger partial charge >= 0.3 is 18.3 Å². The number of hydrogen-bond acceptors (Lipinski definition) is 3. The number of fused-ring (bicyclic) bond motifs is 1. The van der Waals surface area contributed by atoms with E-state index in [-0.39, 0.29) is 11.1 Å². The average Bonchev–Trinajstić information content (AvgIpc) is 2.42. The van der Waals surface area contributed by atoms with Crippen molar-refractivity contribution in [1.82, 2.24) is 4.90 Å². The van der Waals surface area contributed by atoms with Gasteiger partial charge in [-0.2, -0.15) is 26.3 Å². The second-order valence-corrected chi connectivity index (χ2v) is 4.86. The highest BCUT2D eigenvalue weighted by atomic mass is 19.4. The summed E-state index contributed by atoms with van der Waals surface area (Å²) in [7, 11) is 0. The fraction of sp³-hybridized carbons (Fsp3) is 0.417. The SMILES string of the molecule is O=C(N1CCc2c(cc([N+](=O)[O-])cc2C(F)(F)F)C1)C(F)(F)F. The minimum absolute atomic E-state index is 0.310. The van der Waals surface area contributed by atoms with Crippen molar-refractivity contribution in [2.75, 3.05) is 6.54 Å². The van der Waals surface area contributed by atoms with Crippen LogP contribution < -0.4 is 0 Å². The quantitative estimate of drug-likeness (QED) is 0.448. The van der Waals surface area contributed by atoms with Crippen LogP contribution in [0, 0.1) is 10.1 Å². The van der Waals surface area contributed by atoms with Crippen LogP contribution in [0.3, 0.4) is 0 Å². The van der Waals surface area contributed by atoms with Crippen molar-refractivity contribution < 1.29 is 36.1 Å². The molecule has 0 radical (unpaired) electrons. The van der Waals surface area contributed by atoms with Crippen LogP contribution in [0.1, 0.15) is 16.7 Å². The van der Waals surface area contributed by atoms with Gasteiger partial charge in [-0.15, -0.1) is 0 Å². The third-order valence-corrected chi connectivity index (χ3v) is 3.37. The average molecular weight is 342 g/mol. The number of alkyl halides is 6. The van der Waals surface area contributed by atoms with E-state index >= 15 is 0 Å². The number of carbonyl (C=O) groups is 1. The molecule has 0 fully saturated rings. The van der Waals surface area contributed by atoms with E-state index in [2.05, 4.69) is 0 Å². The lowest BCUT2D eigenvalue weighted by Gasteiger charge is -2.30. The first-order valence-electron chi connectivity index (χ1n) is 6.14. The zero-order chi connectivity index (χ0) is 17.6. The molecule has 2 rings (SSSR count). The summed E-state index contributed by atoms with van der Waals surface area (Å²) in [5, 5.41) is 10.7. The molecule has 0 unspecified atom stereocenters. The Balaban J connectivity index is 2.48. The van der Waals surface area contributed by atoms with Gasteiger partial charge in [0.2, 0.25) is 0 Å². The number of halogens is 6. The Labute approximate surface area is 124 Å². The van der Waals surface area contributed by atoms with Gasteiger partial charge in [-0.3, -0.25) is 14.9 Å². The minimum Gasteiger partial charge on any atom is -0.330 e. The van der Waals surface area contributed by atoms with Gasteiger partial charge in [-0.25, -0.2) is 0 Å². The van der Waals surface area contributed by atoms with Crippen LogP contribution in [0.5, 0.6) is 0 Å². The zero-order valence-electron chi connectivity index (χ0n) is 11.2. The number of nitro groups is 1. The third-order valence-electron chi connectivity index (χ3n) is 3.37. The standard InChI is InChI=1S/C12H8F6N2O3/c13-11(14,15)9-4-7(20(22)23)3-6-5-19(2-1-8(6)9)10(21)12(16,17)18/h3-4H,1-2,5H2. The lowest BCUT2D eigenvalue weighted by Crippen LogP contribution is -2.44. The second kappa shape index (κ2) is 5.39. The predicted octanol–water partition coefficient (Wildman–Crippen LogP) is 3.06. The molecular weight excluding hydrogens is 334 g/mol. The van der Waals surface area contributed by atoms with Gasteiger partial charge in [-0.1, -0.05) is 0 Å². The summed E-state index contributed by atoms with van der Waals surface area (Å²) in [6.45, 7) is -1.31. The Kier molecular flexibility index (Phi) is 3.99. The number of nitro benzene ring substituents is 1. The predicted molar refractivity (Wildman–Crippen MR) is 63.3 cm³/mol. The van der Waals surface area contributed by atoms with Gasteiger partial charge in [-0.05, 0) is 17.5 Å². The second-order valence-electron chi connectivity index (χ2n) is 4.86. The van der Waals surface area contributed by atoms with Crippen LogP contribution >= 0.6 is 0 Å². The van der Waals surface area contributed by atoms with E-state index < -0.39 is 53.9 Å². The first-order chi connectivity index (χ1) is 10.4. The number of rotatable bonds is 1. The van der Waals surface area contributed by atoms with Crippen molar-refractivity contribution in [2.45, 2.75) is 25.3 Å². The minimum atomic E-state index is -5.16. The molecule has 1 aliphatic rings. The van der Waals surface area contributed by atoms with E-state index in [1.807, 2.05) is 0 Å². The Morgan fingerprint density at radius 2 is 1.78 bits per heavy atom. The highest BCUT2D eigenvalue weighted by molar-refractivity contribution is 5.82. The Hall–Kier alpha value is -2.33. The number of nitrogens with zero attached hydrogens (tertiary/aromatic N) is 2. The van der Waals surface area contributed by atoms with Crippen LogP contribution in [0.15, 0.2) is 12.1 Å². The molecule has 5 nitrogen and oxygen atoms in total. The maximum Gasteiger partial charge on any atom is 0.471 e. The van der Waals surface area contributed by atoms with Gasteiger partial charge in [0.05, 0.1) is 10.5 Å². The number of amides is 1. The first-order valence-corrected chi connectivity index (χ1v) is 6.14. The van der Waals surface area contributed by atoms with Crippen molar-refractivity contribution >= 4 is 11.6 Å². The molecule has 0 aromatic heterocycles. The Bertz CT molecular complexity index is 668. The fourth-order valence-electron chi connectivity index (χ4n) is 2.39. The molecule has 1 aliphatic heterocycles. The summed E-state index contributed by atoms with van der Waals surface area (Å²) in [6.07, 6.45) is -10.5. The van der Waals surface area contributed by atoms with Crippen LogP contribution in [0.4, 0.5) is 32.0 Å². The Morgan fingerprint density at radius 3 is 2.26 bits per heavy atom. The lowest BCUT2D eigenvalue weighted by atomic mass is 9.93. The van der Waals surface area contributed by atoms with Gasteiger partial charge < -0.3 is 4.90 Å². The van der Waals surface area contributed by atoms with Crippen LogP contribution in [-0.4, -0.2) is 28.5 Å². The molecule has 1 heterocycles. The van der Waals surface area contributed by atoms with Gasteiger partial charge in [0, 0.05) is 25.2 Å². The summed E-state index contributed by atoms with van der Waals surface area (Å²) in [6, 6.07) is 1.11. The highest BCUT2D eigenvalue weighted by Gasteiger charge is 2.44. The van der Waals surface area contributed by atoms with Crippen molar-refractivity contribution in [1.29, 1.82) is 0 Å². The summed E-state index contributed by atoms with van der Waals surface area (Å²) >= 11 is 0. The van der Waals surface area contributed by atoms with E-state index in [1.165, 1.54) is 0 Å². The molecule has 0 saturated carbocycles. The highest BCUT2D eigenvalue weighted by Crippen LogP contribution is 2.38.